The van der Waals surface area contributed by atoms with Crippen molar-refractivity contribution in [2.24, 2.45) is 0 Å². The zero-order chi connectivity index (χ0) is 13.1. The van der Waals surface area contributed by atoms with Crippen LogP contribution in [0.3, 0.4) is 0 Å². The quantitative estimate of drug-likeness (QED) is 0.562. The number of rotatable bonds is 4. The van der Waals surface area contributed by atoms with Crippen molar-refractivity contribution in [3.05, 3.63) is 42.7 Å². The van der Waals surface area contributed by atoms with Gasteiger partial charge in [-0.25, -0.2) is 9.97 Å². The van der Waals surface area contributed by atoms with Crippen molar-refractivity contribution in [1.29, 1.82) is 0 Å². The highest BCUT2D eigenvalue weighted by Gasteiger charge is 2.04. The van der Waals surface area contributed by atoms with E-state index in [1.807, 2.05) is 0 Å². The fourth-order valence-electron chi connectivity index (χ4n) is 2.27. The molecule has 0 saturated carbocycles. The largest absolute Gasteiger partial charge is 0.369 e. The summed E-state index contributed by atoms with van der Waals surface area (Å²) < 4.78 is 0. The number of nitrogens with zero attached hydrogens (tertiary/aromatic N) is 2. The van der Waals surface area contributed by atoms with Crippen LogP contribution in [0.4, 0.5) is 5.82 Å². The smallest absolute Gasteiger partial charge is 0.137 e. The number of hydrogen-bond donors (Lipinski definition) is 1. The molecule has 0 radical (unpaired) electrons. The number of benzene rings is 2. The highest BCUT2D eigenvalue weighted by molar-refractivity contribution is 6.00. The molecule has 3 aromatic rings. The molecule has 0 spiro atoms. The Hall–Kier alpha value is -2.16. The SMILES string of the molecule is CCCCNc1ncnc2cc3ccccc3cc12. The van der Waals surface area contributed by atoms with Crippen molar-refractivity contribution >= 4 is 27.5 Å². The van der Waals surface area contributed by atoms with Crippen LogP contribution in [0.2, 0.25) is 0 Å². The second kappa shape index (κ2) is 5.22. The molecule has 0 aliphatic carbocycles. The van der Waals surface area contributed by atoms with Crippen molar-refractivity contribution in [3.63, 3.8) is 0 Å². The van der Waals surface area contributed by atoms with Crippen LogP contribution in [-0.2, 0) is 0 Å². The average molecular weight is 251 g/mol. The highest BCUT2D eigenvalue weighted by atomic mass is 15.0. The molecule has 0 saturated heterocycles. The third-order valence-corrected chi connectivity index (χ3v) is 3.33. The standard InChI is InChI=1S/C16H17N3/c1-2-3-8-17-16-14-9-12-6-4-5-7-13(12)10-15(14)18-11-19-16/h4-7,9-11H,2-3,8H2,1H3,(H,17,18,19). The van der Waals surface area contributed by atoms with E-state index >= 15 is 0 Å². The van der Waals surface area contributed by atoms with E-state index in [2.05, 4.69) is 58.6 Å². The molecule has 0 amide bonds. The van der Waals surface area contributed by atoms with Gasteiger partial charge in [0.15, 0.2) is 0 Å². The number of hydrogen-bond acceptors (Lipinski definition) is 3. The molecular weight excluding hydrogens is 234 g/mol. The first-order valence-electron chi connectivity index (χ1n) is 6.76. The minimum atomic E-state index is 0.934. The number of nitrogens with one attached hydrogen (secondary N) is 1. The topological polar surface area (TPSA) is 37.8 Å². The summed E-state index contributed by atoms with van der Waals surface area (Å²) in [5, 5.41) is 6.94. The van der Waals surface area contributed by atoms with Gasteiger partial charge in [-0.05, 0) is 29.3 Å². The summed E-state index contributed by atoms with van der Waals surface area (Å²) in [6, 6.07) is 12.6. The number of aromatic nitrogens is 2. The van der Waals surface area contributed by atoms with Crippen LogP contribution in [0.25, 0.3) is 21.7 Å². The van der Waals surface area contributed by atoms with Crippen molar-refractivity contribution in [2.45, 2.75) is 19.8 Å². The van der Waals surface area contributed by atoms with Crippen LogP contribution in [-0.4, -0.2) is 16.5 Å². The van der Waals surface area contributed by atoms with Crippen molar-refractivity contribution in [3.8, 4) is 0 Å². The summed E-state index contributed by atoms with van der Waals surface area (Å²) in [6.07, 6.45) is 3.96. The Kier molecular flexibility index (Phi) is 3.27. The van der Waals surface area contributed by atoms with Crippen molar-refractivity contribution in [2.75, 3.05) is 11.9 Å². The van der Waals surface area contributed by atoms with E-state index in [0.29, 0.717) is 0 Å². The predicted octanol–water partition coefficient (Wildman–Crippen LogP) is 4.00. The van der Waals surface area contributed by atoms with Crippen LogP contribution in [0.1, 0.15) is 19.8 Å². The van der Waals surface area contributed by atoms with Gasteiger partial charge < -0.3 is 5.32 Å². The van der Waals surface area contributed by atoms with Crippen LogP contribution in [0, 0.1) is 0 Å². The molecule has 2 aromatic carbocycles. The summed E-state index contributed by atoms with van der Waals surface area (Å²) in [7, 11) is 0. The predicted molar refractivity (Wildman–Crippen MR) is 80.4 cm³/mol. The lowest BCUT2D eigenvalue weighted by atomic mass is 10.1. The average Bonchev–Trinajstić information content (AvgIpc) is 2.46. The van der Waals surface area contributed by atoms with Gasteiger partial charge in [-0.15, -0.1) is 0 Å². The first-order chi connectivity index (χ1) is 9.38. The zero-order valence-electron chi connectivity index (χ0n) is 11.1. The van der Waals surface area contributed by atoms with Gasteiger partial charge >= 0.3 is 0 Å². The normalized spacial score (nSPS) is 11.0. The molecule has 0 unspecified atom stereocenters. The second-order valence-electron chi connectivity index (χ2n) is 4.72. The first-order valence-corrected chi connectivity index (χ1v) is 6.76. The number of unbranched alkanes of at least 4 members (excludes halogenated alkanes) is 1. The lowest BCUT2D eigenvalue weighted by molar-refractivity contribution is 0.831. The Bertz CT molecular complexity index is 707. The summed E-state index contributed by atoms with van der Waals surface area (Å²) in [5.74, 6) is 0.934. The summed E-state index contributed by atoms with van der Waals surface area (Å²) >= 11 is 0. The zero-order valence-corrected chi connectivity index (χ0v) is 11.1. The minimum absolute atomic E-state index is 0.934. The Balaban J connectivity index is 2.09. The Morgan fingerprint density at radius 3 is 2.63 bits per heavy atom. The second-order valence-corrected chi connectivity index (χ2v) is 4.72. The fraction of sp³-hybridized carbons (Fsp3) is 0.250. The van der Waals surface area contributed by atoms with E-state index < -0.39 is 0 Å². The molecule has 0 aliphatic heterocycles. The third-order valence-electron chi connectivity index (χ3n) is 3.33. The van der Waals surface area contributed by atoms with Crippen molar-refractivity contribution < 1.29 is 0 Å². The molecule has 0 bridgehead atoms. The molecule has 3 heteroatoms. The summed E-state index contributed by atoms with van der Waals surface area (Å²) in [6.45, 7) is 3.14. The number of fused-ring (bicyclic) bond motifs is 2. The monoisotopic (exact) mass is 251 g/mol. The van der Waals surface area contributed by atoms with Gasteiger partial charge in [0, 0.05) is 11.9 Å². The first kappa shape index (κ1) is 11.9. The van der Waals surface area contributed by atoms with Gasteiger partial charge in [-0.3, -0.25) is 0 Å². The molecule has 0 atom stereocenters. The maximum absolute atomic E-state index is 4.37. The van der Waals surface area contributed by atoms with E-state index in [0.717, 1.165) is 29.7 Å². The summed E-state index contributed by atoms with van der Waals surface area (Å²) in [5.41, 5.74) is 0.993. The summed E-state index contributed by atoms with van der Waals surface area (Å²) in [4.78, 5) is 8.73. The molecule has 1 heterocycles. The Morgan fingerprint density at radius 2 is 1.84 bits per heavy atom. The molecule has 1 N–H and O–H groups in total. The molecule has 0 fully saturated rings. The van der Waals surface area contributed by atoms with Gasteiger partial charge in [-0.1, -0.05) is 37.6 Å². The van der Waals surface area contributed by atoms with E-state index in [-0.39, 0.29) is 0 Å². The van der Waals surface area contributed by atoms with E-state index in [4.69, 9.17) is 0 Å². The Morgan fingerprint density at radius 1 is 1.05 bits per heavy atom. The molecular formula is C16H17N3. The molecule has 1 aromatic heterocycles. The molecule has 96 valence electrons. The van der Waals surface area contributed by atoms with Gasteiger partial charge in [0.05, 0.1) is 5.52 Å². The molecule has 3 nitrogen and oxygen atoms in total. The van der Waals surface area contributed by atoms with Gasteiger partial charge in [0.1, 0.15) is 12.1 Å². The van der Waals surface area contributed by atoms with Gasteiger partial charge in [0.2, 0.25) is 0 Å². The van der Waals surface area contributed by atoms with Crippen LogP contribution in [0.15, 0.2) is 42.7 Å². The van der Waals surface area contributed by atoms with Crippen LogP contribution >= 0.6 is 0 Å². The maximum Gasteiger partial charge on any atom is 0.137 e. The van der Waals surface area contributed by atoms with Gasteiger partial charge in [-0.2, -0.15) is 0 Å². The van der Waals surface area contributed by atoms with Gasteiger partial charge in [0.25, 0.3) is 0 Å². The number of anilines is 1. The lowest BCUT2D eigenvalue weighted by Crippen LogP contribution is -2.03. The van der Waals surface area contributed by atoms with Crippen molar-refractivity contribution in [1.82, 2.24) is 9.97 Å². The highest BCUT2D eigenvalue weighted by Crippen LogP contribution is 2.25. The molecule has 3 rings (SSSR count). The molecule has 0 aliphatic rings. The van der Waals surface area contributed by atoms with E-state index in [1.54, 1.807) is 6.33 Å². The fourth-order valence-corrected chi connectivity index (χ4v) is 2.27. The van der Waals surface area contributed by atoms with E-state index in [9.17, 15) is 0 Å². The third kappa shape index (κ3) is 2.36. The minimum Gasteiger partial charge on any atom is -0.369 e. The van der Waals surface area contributed by atoms with E-state index in [1.165, 1.54) is 17.2 Å². The van der Waals surface area contributed by atoms with Crippen LogP contribution in [0.5, 0.6) is 0 Å². The maximum atomic E-state index is 4.37. The molecule has 19 heavy (non-hydrogen) atoms. The van der Waals surface area contributed by atoms with Crippen LogP contribution < -0.4 is 5.32 Å². The lowest BCUT2D eigenvalue weighted by Gasteiger charge is -2.08. The Labute approximate surface area is 112 Å².